The summed E-state index contributed by atoms with van der Waals surface area (Å²) in [5, 5.41) is 14.9. The van der Waals surface area contributed by atoms with E-state index >= 15 is 0 Å². The van der Waals surface area contributed by atoms with Crippen LogP contribution in [0.3, 0.4) is 0 Å². The molecule has 1 atom stereocenters. The molecule has 52 heavy (non-hydrogen) atoms. The van der Waals surface area contributed by atoms with Crippen molar-refractivity contribution in [2.75, 3.05) is 12.2 Å². The second-order valence-corrected chi connectivity index (χ2v) is 11.2. The number of carbonyl (C=O) groups excluding carboxylic acids is 3. The molecular weight excluding hydrogens is 673 g/mol. The molecule has 2 aromatic heterocycles. The molecule has 6 rings (SSSR count). The Balaban J connectivity index is 1.34. The molecule has 2 amide bonds. The van der Waals surface area contributed by atoms with Crippen molar-refractivity contribution in [1.29, 1.82) is 0 Å². The van der Waals surface area contributed by atoms with Gasteiger partial charge in [-0.15, -0.1) is 0 Å². The fourth-order valence-corrected chi connectivity index (χ4v) is 5.18. The molecule has 0 bridgehead atoms. The predicted octanol–water partition coefficient (Wildman–Crippen LogP) is 4.96. The van der Waals surface area contributed by atoms with Crippen molar-refractivity contribution in [1.82, 2.24) is 19.9 Å². The van der Waals surface area contributed by atoms with Crippen LogP contribution in [0.15, 0.2) is 124 Å². The number of aromatic nitrogens is 3. The molecule has 6 aromatic rings. The first-order chi connectivity index (χ1) is 25.2. The second-order valence-electron chi connectivity index (χ2n) is 11.2. The van der Waals surface area contributed by atoms with E-state index in [0.29, 0.717) is 28.1 Å². The van der Waals surface area contributed by atoms with Gasteiger partial charge in [0.15, 0.2) is 17.4 Å². The van der Waals surface area contributed by atoms with E-state index in [1.54, 1.807) is 54.6 Å². The van der Waals surface area contributed by atoms with Crippen molar-refractivity contribution in [2.45, 2.75) is 19.3 Å². The molecule has 2 heterocycles. The van der Waals surface area contributed by atoms with Gasteiger partial charge < -0.3 is 19.6 Å². The lowest BCUT2D eigenvalue weighted by Crippen LogP contribution is -2.37. The molecule has 0 radical (unpaired) electrons. The third kappa shape index (κ3) is 7.99. The number of nitrogens with one attached hydrogen (secondary N) is 1. The Hall–Kier alpha value is -6.77. The van der Waals surface area contributed by atoms with E-state index in [0.717, 1.165) is 16.3 Å². The largest absolute Gasteiger partial charge is 0.465 e. The molecule has 2 N–H and O–H groups in total. The van der Waals surface area contributed by atoms with Crippen molar-refractivity contribution < 1.29 is 37.9 Å². The highest BCUT2D eigenvalue weighted by Gasteiger charge is 2.25. The molecule has 0 aliphatic carbocycles. The molecule has 0 spiro atoms. The van der Waals surface area contributed by atoms with Gasteiger partial charge in [-0.1, -0.05) is 60.7 Å². The van der Waals surface area contributed by atoms with Crippen LogP contribution in [0.1, 0.15) is 33.5 Å². The minimum absolute atomic E-state index is 0.00712. The maximum absolute atomic E-state index is 14.0. The van der Waals surface area contributed by atoms with Gasteiger partial charge in [0, 0.05) is 5.56 Å². The van der Waals surface area contributed by atoms with Crippen LogP contribution in [0.2, 0.25) is 0 Å². The first-order valence-corrected chi connectivity index (χ1v) is 15.7. The van der Waals surface area contributed by atoms with Gasteiger partial charge in [0.05, 0.1) is 24.6 Å². The zero-order chi connectivity index (χ0) is 36.6. The number of amides is 2. The number of esters is 1. The average Bonchev–Trinajstić information content (AvgIpc) is 3.60. The molecular formula is C38H30FN5O8. The molecule has 0 aliphatic heterocycles. The van der Waals surface area contributed by atoms with Gasteiger partial charge in [-0.25, -0.2) is 19.2 Å². The van der Waals surface area contributed by atoms with Gasteiger partial charge in [0.1, 0.15) is 30.3 Å². The van der Waals surface area contributed by atoms with Gasteiger partial charge in [-0.3, -0.25) is 23.8 Å². The van der Waals surface area contributed by atoms with Crippen LogP contribution in [0, 0.1) is 5.82 Å². The number of carbonyl (C=O) groups is 3. The lowest BCUT2D eigenvalue weighted by molar-refractivity contribution is -0.121. The highest BCUT2D eigenvalue weighted by molar-refractivity contribution is 5.93. The zero-order valence-electron chi connectivity index (χ0n) is 27.5. The molecule has 262 valence electrons. The molecule has 13 nitrogen and oxygen atoms in total. The van der Waals surface area contributed by atoms with Crippen LogP contribution < -0.4 is 15.9 Å². The first kappa shape index (κ1) is 35.1. The van der Waals surface area contributed by atoms with Gasteiger partial charge in [0.2, 0.25) is 18.2 Å². The van der Waals surface area contributed by atoms with Crippen LogP contribution >= 0.6 is 0 Å². The topological polar surface area (TPSA) is 166 Å². The zero-order valence-corrected chi connectivity index (χ0v) is 27.5. The van der Waals surface area contributed by atoms with Gasteiger partial charge in [-0.05, 0) is 59.7 Å². The third-order valence-corrected chi connectivity index (χ3v) is 7.74. The molecule has 14 heteroatoms. The molecule has 0 saturated carbocycles. The number of rotatable bonds is 13. The maximum atomic E-state index is 14.0. The standard InChI is InChI=1S/C38H30FN5O8/c1-50-38(49)27-14-17-29-32(19-27)52-36(42-29)34(47)30(18-24-8-4-2-5-9-24)41-33(46)21-43-35(26-12-15-28(39)16-13-26)40-20-31(37(43)48)44(23-45)51-22-25-10-6-3-7-11-25/h2-20,23,34,47H,21-22H2,1H3,(H,41,46). The quantitative estimate of drug-likeness (QED) is 0.0954. The summed E-state index contributed by atoms with van der Waals surface area (Å²) in [5.41, 5.74) is 1.19. The highest BCUT2D eigenvalue weighted by atomic mass is 19.1. The molecule has 0 aliphatic rings. The Morgan fingerprint density at radius 1 is 1.02 bits per heavy atom. The number of methoxy groups -OCH3 is 1. The van der Waals surface area contributed by atoms with E-state index < -0.39 is 35.9 Å². The second kappa shape index (κ2) is 15.8. The number of oxazole rings is 1. The van der Waals surface area contributed by atoms with Gasteiger partial charge in [-0.2, -0.15) is 5.06 Å². The molecule has 0 saturated heterocycles. The minimum atomic E-state index is -1.62. The van der Waals surface area contributed by atoms with Crippen molar-refractivity contribution in [3.63, 3.8) is 0 Å². The number of aliphatic hydroxyl groups excluding tert-OH is 1. The Morgan fingerprint density at radius 2 is 1.73 bits per heavy atom. The number of anilines is 1. The fraction of sp³-hybridized carbons (Fsp3) is 0.105. The van der Waals surface area contributed by atoms with Crippen LogP contribution in [0.5, 0.6) is 0 Å². The van der Waals surface area contributed by atoms with Crippen LogP contribution in [-0.4, -0.2) is 45.0 Å². The average molecular weight is 704 g/mol. The van der Waals surface area contributed by atoms with E-state index in [1.165, 1.54) is 55.7 Å². The summed E-state index contributed by atoms with van der Waals surface area (Å²) in [5.74, 6) is -2.10. The number of hydrogen-bond acceptors (Lipinski definition) is 10. The first-order valence-electron chi connectivity index (χ1n) is 15.7. The minimum Gasteiger partial charge on any atom is -0.465 e. The van der Waals surface area contributed by atoms with Crippen LogP contribution in [0.25, 0.3) is 28.6 Å². The van der Waals surface area contributed by atoms with E-state index in [4.69, 9.17) is 14.0 Å². The summed E-state index contributed by atoms with van der Waals surface area (Å²) < 4.78 is 25.4. The summed E-state index contributed by atoms with van der Waals surface area (Å²) in [6.45, 7) is -0.711. The number of nitrogens with zero attached hydrogens (tertiary/aromatic N) is 4. The van der Waals surface area contributed by atoms with E-state index in [2.05, 4.69) is 15.3 Å². The third-order valence-electron chi connectivity index (χ3n) is 7.74. The van der Waals surface area contributed by atoms with Crippen molar-refractivity contribution in [3.05, 3.63) is 154 Å². The van der Waals surface area contributed by atoms with E-state index in [-0.39, 0.29) is 40.9 Å². The Labute approximate surface area is 295 Å². The van der Waals surface area contributed by atoms with Crippen molar-refractivity contribution >= 4 is 41.1 Å². The van der Waals surface area contributed by atoms with Crippen LogP contribution in [-0.2, 0) is 32.3 Å². The lowest BCUT2D eigenvalue weighted by atomic mass is 10.1. The molecule has 0 fully saturated rings. The Morgan fingerprint density at radius 3 is 2.42 bits per heavy atom. The summed E-state index contributed by atoms with van der Waals surface area (Å²) in [6.07, 6.45) is 1.31. The number of halogens is 1. The monoisotopic (exact) mass is 703 g/mol. The summed E-state index contributed by atoms with van der Waals surface area (Å²) in [4.78, 5) is 66.2. The number of benzene rings is 4. The number of aliphatic hydroxyl groups is 1. The van der Waals surface area contributed by atoms with E-state index in [9.17, 15) is 28.7 Å². The summed E-state index contributed by atoms with van der Waals surface area (Å²) in [6, 6.07) is 27.3. The van der Waals surface area contributed by atoms with Crippen LogP contribution in [0.4, 0.5) is 10.1 Å². The Kier molecular flexibility index (Phi) is 10.7. The number of fused-ring (bicyclic) bond motifs is 1. The van der Waals surface area contributed by atoms with Crippen molar-refractivity contribution in [3.8, 4) is 11.4 Å². The highest BCUT2D eigenvalue weighted by Crippen LogP contribution is 2.27. The van der Waals surface area contributed by atoms with Crippen molar-refractivity contribution in [2.24, 2.45) is 0 Å². The predicted molar refractivity (Wildman–Crippen MR) is 187 cm³/mol. The lowest BCUT2D eigenvalue weighted by Gasteiger charge is -2.20. The summed E-state index contributed by atoms with van der Waals surface area (Å²) >= 11 is 0. The molecule has 1 unspecified atom stereocenters. The SMILES string of the molecule is COC(=O)c1ccc2nc(C(O)C(=Cc3ccccc3)NC(=O)Cn3c(-c4ccc(F)cc4)ncc(N(C=O)OCc4ccccc4)c3=O)oc2c1. The number of ether oxygens (including phenoxy) is 1. The molecule has 4 aromatic carbocycles. The normalized spacial score (nSPS) is 11.9. The smallest absolute Gasteiger partial charge is 0.337 e. The number of hydrogen-bond donors (Lipinski definition) is 2. The maximum Gasteiger partial charge on any atom is 0.337 e. The summed E-state index contributed by atoms with van der Waals surface area (Å²) in [7, 11) is 1.24. The Bertz CT molecular complexity index is 2310. The van der Waals surface area contributed by atoms with Gasteiger partial charge in [0.25, 0.3) is 5.56 Å². The fourth-order valence-electron chi connectivity index (χ4n) is 5.18. The van der Waals surface area contributed by atoms with Gasteiger partial charge >= 0.3 is 5.97 Å². The van der Waals surface area contributed by atoms with E-state index in [1.807, 2.05) is 6.07 Å². The number of hydroxylamine groups is 1.